The average molecular weight is 375 g/mol. The molecule has 20 heavy (non-hydrogen) atoms. The van der Waals surface area contributed by atoms with Gasteiger partial charge in [-0.2, -0.15) is 13.2 Å². The molecule has 0 saturated heterocycles. The van der Waals surface area contributed by atoms with Gasteiger partial charge in [-0.1, -0.05) is 15.9 Å². The number of carbonyl (C=O) groups excluding carboxylic acids is 1. The standard InChI is InChI=1S/C12H12BrClF3NO2/c1-20-10-6-8(13)2-3-9(10)11(19)18(5-4-14)7-12(15,16)17/h2-3,6H,4-5,7H2,1H3. The molecule has 0 heterocycles. The zero-order valence-electron chi connectivity index (χ0n) is 10.5. The number of halogens is 5. The topological polar surface area (TPSA) is 29.5 Å². The maximum Gasteiger partial charge on any atom is 0.406 e. The fourth-order valence-corrected chi connectivity index (χ4v) is 2.13. The van der Waals surface area contributed by atoms with Gasteiger partial charge in [0.25, 0.3) is 5.91 Å². The summed E-state index contributed by atoms with van der Waals surface area (Å²) in [5.74, 6) is -0.654. The van der Waals surface area contributed by atoms with Crippen LogP contribution in [0.1, 0.15) is 10.4 Å². The van der Waals surface area contributed by atoms with E-state index in [2.05, 4.69) is 15.9 Å². The molecule has 0 aromatic heterocycles. The maximum absolute atomic E-state index is 12.5. The van der Waals surface area contributed by atoms with Crippen molar-refractivity contribution >= 4 is 33.4 Å². The summed E-state index contributed by atoms with van der Waals surface area (Å²) in [6.45, 7) is -1.54. The summed E-state index contributed by atoms with van der Waals surface area (Å²) in [6, 6.07) is 4.48. The Morgan fingerprint density at radius 1 is 1.45 bits per heavy atom. The molecule has 0 aliphatic rings. The van der Waals surface area contributed by atoms with Crippen LogP contribution in [-0.2, 0) is 0 Å². The molecule has 0 aliphatic heterocycles. The molecule has 3 nitrogen and oxygen atoms in total. The minimum absolute atomic E-state index is 0.0602. The first kappa shape index (κ1) is 17.1. The molecule has 0 saturated carbocycles. The lowest BCUT2D eigenvalue weighted by atomic mass is 10.1. The van der Waals surface area contributed by atoms with Crippen molar-refractivity contribution in [1.29, 1.82) is 0 Å². The van der Waals surface area contributed by atoms with E-state index < -0.39 is 18.6 Å². The van der Waals surface area contributed by atoms with Crippen LogP contribution in [0.5, 0.6) is 5.75 Å². The number of hydrogen-bond acceptors (Lipinski definition) is 2. The molecule has 1 aromatic rings. The Balaban J connectivity index is 3.06. The average Bonchev–Trinajstić information content (AvgIpc) is 2.35. The van der Waals surface area contributed by atoms with E-state index in [1.54, 1.807) is 6.07 Å². The molecule has 1 rings (SSSR count). The Morgan fingerprint density at radius 2 is 2.10 bits per heavy atom. The normalized spacial score (nSPS) is 11.3. The molecule has 0 aliphatic carbocycles. The van der Waals surface area contributed by atoms with Crippen molar-refractivity contribution in [1.82, 2.24) is 4.90 Å². The number of hydrogen-bond donors (Lipinski definition) is 0. The third-order valence-corrected chi connectivity index (χ3v) is 3.07. The lowest BCUT2D eigenvalue weighted by molar-refractivity contribution is -0.140. The van der Waals surface area contributed by atoms with E-state index in [9.17, 15) is 18.0 Å². The highest BCUT2D eigenvalue weighted by atomic mass is 79.9. The van der Waals surface area contributed by atoms with E-state index >= 15 is 0 Å². The number of benzene rings is 1. The molecular weight excluding hydrogens is 362 g/mol. The number of alkyl halides is 4. The van der Waals surface area contributed by atoms with Crippen molar-refractivity contribution in [2.24, 2.45) is 0 Å². The highest BCUT2D eigenvalue weighted by Gasteiger charge is 2.33. The quantitative estimate of drug-likeness (QED) is 0.736. The van der Waals surface area contributed by atoms with Gasteiger partial charge in [0.15, 0.2) is 0 Å². The molecule has 0 spiro atoms. The van der Waals surface area contributed by atoms with Crippen molar-refractivity contribution in [3.05, 3.63) is 28.2 Å². The Hall–Kier alpha value is -0.950. The SMILES string of the molecule is COc1cc(Br)ccc1C(=O)N(CCCl)CC(F)(F)F. The van der Waals surface area contributed by atoms with Gasteiger partial charge in [-0.3, -0.25) is 4.79 Å². The van der Waals surface area contributed by atoms with Gasteiger partial charge in [-0.25, -0.2) is 0 Å². The Labute approximate surface area is 127 Å². The first-order valence-corrected chi connectivity index (χ1v) is 6.86. The van der Waals surface area contributed by atoms with Gasteiger partial charge in [0.2, 0.25) is 0 Å². The van der Waals surface area contributed by atoms with Gasteiger partial charge < -0.3 is 9.64 Å². The van der Waals surface area contributed by atoms with Crippen LogP contribution in [0.3, 0.4) is 0 Å². The van der Waals surface area contributed by atoms with Gasteiger partial charge in [-0.05, 0) is 18.2 Å². The van der Waals surface area contributed by atoms with Crippen molar-refractivity contribution in [2.75, 3.05) is 26.1 Å². The van der Waals surface area contributed by atoms with Crippen LogP contribution in [0.2, 0.25) is 0 Å². The predicted octanol–water partition coefficient (Wildman–Crippen LogP) is 3.70. The largest absolute Gasteiger partial charge is 0.496 e. The number of carbonyl (C=O) groups is 1. The van der Waals surface area contributed by atoms with Gasteiger partial charge >= 0.3 is 6.18 Å². The van der Waals surface area contributed by atoms with Gasteiger partial charge in [-0.15, -0.1) is 11.6 Å². The van der Waals surface area contributed by atoms with E-state index in [0.29, 0.717) is 9.37 Å². The zero-order chi connectivity index (χ0) is 15.3. The Kier molecular flexibility index (Phi) is 6.13. The fraction of sp³-hybridized carbons (Fsp3) is 0.417. The van der Waals surface area contributed by atoms with Crippen LogP contribution in [0.4, 0.5) is 13.2 Å². The van der Waals surface area contributed by atoms with Crippen LogP contribution in [0.25, 0.3) is 0 Å². The van der Waals surface area contributed by atoms with Crippen LogP contribution in [0.15, 0.2) is 22.7 Å². The van der Waals surface area contributed by atoms with Gasteiger partial charge in [0.05, 0.1) is 12.7 Å². The van der Waals surface area contributed by atoms with E-state index in [4.69, 9.17) is 16.3 Å². The lowest BCUT2D eigenvalue weighted by Gasteiger charge is -2.24. The molecule has 0 unspecified atom stereocenters. The first-order valence-electron chi connectivity index (χ1n) is 5.54. The lowest BCUT2D eigenvalue weighted by Crippen LogP contribution is -2.40. The number of amides is 1. The van der Waals surface area contributed by atoms with E-state index in [1.165, 1.54) is 19.2 Å². The van der Waals surface area contributed by atoms with Gasteiger partial charge in [0, 0.05) is 16.9 Å². The van der Waals surface area contributed by atoms with Crippen molar-refractivity contribution in [3.63, 3.8) is 0 Å². The molecule has 0 atom stereocenters. The van der Waals surface area contributed by atoms with Crippen LogP contribution in [-0.4, -0.2) is 43.1 Å². The monoisotopic (exact) mass is 373 g/mol. The minimum atomic E-state index is -4.48. The fourth-order valence-electron chi connectivity index (χ4n) is 1.58. The highest BCUT2D eigenvalue weighted by molar-refractivity contribution is 9.10. The summed E-state index contributed by atoms with van der Waals surface area (Å²) in [6.07, 6.45) is -4.48. The summed E-state index contributed by atoms with van der Waals surface area (Å²) in [7, 11) is 1.34. The van der Waals surface area contributed by atoms with E-state index in [0.717, 1.165) is 0 Å². The van der Waals surface area contributed by atoms with Crippen LogP contribution in [0, 0.1) is 0 Å². The predicted molar refractivity (Wildman–Crippen MR) is 73.4 cm³/mol. The minimum Gasteiger partial charge on any atom is -0.496 e. The van der Waals surface area contributed by atoms with Crippen molar-refractivity contribution < 1.29 is 22.7 Å². The Morgan fingerprint density at radius 3 is 2.60 bits per heavy atom. The zero-order valence-corrected chi connectivity index (χ0v) is 12.8. The number of rotatable bonds is 5. The molecule has 0 fully saturated rings. The molecule has 0 bridgehead atoms. The third kappa shape index (κ3) is 4.86. The summed E-state index contributed by atoms with van der Waals surface area (Å²) in [4.78, 5) is 12.8. The number of ether oxygens (including phenoxy) is 1. The van der Waals surface area contributed by atoms with Crippen LogP contribution < -0.4 is 4.74 Å². The molecule has 8 heteroatoms. The van der Waals surface area contributed by atoms with Crippen LogP contribution >= 0.6 is 27.5 Å². The van der Waals surface area contributed by atoms with Gasteiger partial charge in [0.1, 0.15) is 12.3 Å². The van der Waals surface area contributed by atoms with E-state index in [1.807, 2.05) is 0 Å². The Bertz CT molecular complexity index is 482. The van der Waals surface area contributed by atoms with Crippen molar-refractivity contribution in [2.45, 2.75) is 6.18 Å². The second-order valence-corrected chi connectivity index (χ2v) is 5.17. The number of methoxy groups -OCH3 is 1. The third-order valence-electron chi connectivity index (χ3n) is 2.41. The maximum atomic E-state index is 12.5. The molecule has 1 aromatic carbocycles. The molecule has 1 amide bonds. The molecule has 0 N–H and O–H groups in total. The first-order chi connectivity index (χ1) is 9.28. The second-order valence-electron chi connectivity index (χ2n) is 3.88. The smallest absolute Gasteiger partial charge is 0.406 e. The summed E-state index contributed by atoms with van der Waals surface area (Å²) in [5.41, 5.74) is 0.0602. The number of nitrogens with zero attached hydrogens (tertiary/aromatic N) is 1. The highest BCUT2D eigenvalue weighted by Crippen LogP contribution is 2.26. The summed E-state index contributed by atoms with van der Waals surface area (Å²) in [5, 5.41) is 0. The molecule has 112 valence electrons. The second kappa shape index (κ2) is 7.17. The molecular formula is C12H12BrClF3NO2. The summed E-state index contributed by atoms with van der Waals surface area (Å²) >= 11 is 8.65. The van der Waals surface area contributed by atoms with Crippen molar-refractivity contribution in [3.8, 4) is 5.75 Å². The summed E-state index contributed by atoms with van der Waals surface area (Å²) < 4.78 is 43.1. The molecule has 0 radical (unpaired) electrons. The van der Waals surface area contributed by atoms with E-state index in [-0.39, 0.29) is 23.7 Å².